The lowest BCUT2D eigenvalue weighted by Crippen LogP contribution is -1.95. The van der Waals surface area contributed by atoms with Crippen molar-refractivity contribution >= 4 is 11.6 Å². The van der Waals surface area contributed by atoms with E-state index < -0.39 is 6.10 Å². The maximum atomic E-state index is 9.37. The number of halogens is 1. The summed E-state index contributed by atoms with van der Waals surface area (Å²) in [5.74, 6) is -0.0328. The molecule has 2 N–H and O–H groups in total. The predicted octanol–water partition coefficient (Wildman–Crippen LogP) is 1.99. The SMILES string of the molecule is N#CCC(O)c1ccc(O)c(Cl)c1. The van der Waals surface area contributed by atoms with E-state index in [2.05, 4.69) is 0 Å². The van der Waals surface area contributed by atoms with E-state index in [4.69, 9.17) is 22.0 Å². The molecule has 0 spiro atoms. The standard InChI is InChI=1S/C9H8ClNO2/c10-7-5-6(1-2-9(7)13)8(12)3-4-11/h1-2,5,8,12-13H,3H2. The zero-order valence-corrected chi connectivity index (χ0v) is 7.49. The zero-order chi connectivity index (χ0) is 9.84. The second-order valence-electron chi connectivity index (χ2n) is 2.59. The molecule has 4 heteroatoms. The summed E-state index contributed by atoms with van der Waals surface area (Å²) >= 11 is 5.61. The van der Waals surface area contributed by atoms with Gasteiger partial charge in [0.05, 0.1) is 23.6 Å². The van der Waals surface area contributed by atoms with Crippen molar-refractivity contribution in [2.75, 3.05) is 0 Å². The third kappa shape index (κ3) is 2.35. The Morgan fingerprint density at radius 3 is 2.77 bits per heavy atom. The van der Waals surface area contributed by atoms with E-state index in [-0.39, 0.29) is 17.2 Å². The van der Waals surface area contributed by atoms with Gasteiger partial charge >= 0.3 is 0 Å². The lowest BCUT2D eigenvalue weighted by atomic mass is 10.1. The third-order valence-corrected chi connectivity index (χ3v) is 1.94. The van der Waals surface area contributed by atoms with Crippen molar-refractivity contribution in [3.63, 3.8) is 0 Å². The van der Waals surface area contributed by atoms with E-state index in [1.165, 1.54) is 18.2 Å². The normalized spacial score (nSPS) is 12.1. The predicted molar refractivity (Wildman–Crippen MR) is 48.3 cm³/mol. The van der Waals surface area contributed by atoms with E-state index in [1.807, 2.05) is 6.07 Å². The summed E-state index contributed by atoms with van der Waals surface area (Å²) in [7, 11) is 0. The maximum Gasteiger partial charge on any atom is 0.134 e. The minimum absolute atomic E-state index is 0.0150. The number of nitrogens with zero attached hydrogens (tertiary/aromatic N) is 1. The molecule has 0 saturated heterocycles. The first-order valence-electron chi connectivity index (χ1n) is 3.68. The van der Waals surface area contributed by atoms with E-state index in [1.54, 1.807) is 0 Å². The molecule has 0 bridgehead atoms. The van der Waals surface area contributed by atoms with Crippen LogP contribution in [0.4, 0.5) is 0 Å². The summed E-state index contributed by atoms with van der Waals surface area (Å²) in [6, 6.07) is 6.21. The molecule has 0 aliphatic heterocycles. The van der Waals surface area contributed by atoms with Crippen molar-refractivity contribution in [1.29, 1.82) is 5.26 Å². The molecule has 1 unspecified atom stereocenters. The van der Waals surface area contributed by atoms with Gasteiger partial charge in [0.1, 0.15) is 5.75 Å². The highest BCUT2D eigenvalue weighted by Gasteiger charge is 2.08. The van der Waals surface area contributed by atoms with Crippen LogP contribution in [0.25, 0.3) is 0 Å². The number of phenols is 1. The Balaban J connectivity index is 2.91. The van der Waals surface area contributed by atoms with Gasteiger partial charge in [0, 0.05) is 0 Å². The van der Waals surface area contributed by atoms with Gasteiger partial charge in [-0.1, -0.05) is 17.7 Å². The number of hydrogen-bond acceptors (Lipinski definition) is 3. The fourth-order valence-electron chi connectivity index (χ4n) is 0.935. The Labute approximate surface area is 80.8 Å². The first-order valence-corrected chi connectivity index (χ1v) is 4.06. The summed E-state index contributed by atoms with van der Waals surface area (Å²) in [5, 5.41) is 27.0. The fourth-order valence-corrected chi connectivity index (χ4v) is 1.12. The van der Waals surface area contributed by atoms with Crippen LogP contribution < -0.4 is 0 Å². The van der Waals surface area contributed by atoms with Crippen molar-refractivity contribution in [2.24, 2.45) is 0 Å². The molecule has 1 aromatic carbocycles. The second kappa shape index (κ2) is 4.13. The van der Waals surface area contributed by atoms with Gasteiger partial charge in [-0.3, -0.25) is 0 Å². The molecule has 68 valence electrons. The van der Waals surface area contributed by atoms with Crippen molar-refractivity contribution in [3.05, 3.63) is 28.8 Å². The summed E-state index contributed by atoms with van der Waals surface area (Å²) in [6.45, 7) is 0. The Kier molecular flexibility index (Phi) is 3.13. The van der Waals surface area contributed by atoms with Gasteiger partial charge in [0.25, 0.3) is 0 Å². The Bertz CT molecular complexity index is 346. The Hall–Kier alpha value is -1.24. The van der Waals surface area contributed by atoms with E-state index in [9.17, 15) is 5.11 Å². The van der Waals surface area contributed by atoms with Gasteiger partial charge in [-0.2, -0.15) is 5.26 Å². The number of aliphatic hydroxyl groups excluding tert-OH is 1. The summed E-state index contributed by atoms with van der Waals surface area (Å²) in [5.41, 5.74) is 0.532. The van der Waals surface area contributed by atoms with Crippen LogP contribution >= 0.6 is 11.6 Å². The molecule has 1 rings (SSSR count). The lowest BCUT2D eigenvalue weighted by molar-refractivity contribution is 0.183. The summed E-state index contributed by atoms with van der Waals surface area (Å²) < 4.78 is 0. The van der Waals surface area contributed by atoms with Gasteiger partial charge in [-0.25, -0.2) is 0 Å². The van der Waals surface area contributed by atoms with Crippen LogP contribution in [0.1, 0.15) is 18.1 Å². The number of phenolic OH excluding ortho intramolecular Hbond substituents is 1. The van der Waals surface area contributed by atoms with Crippen molar-refractivity contribution < 1.29 is 10.2 Å². The largest absolute Gasteiger partial charge is 0.506 e. The average molecular weight is 198 g/mol. The molecule has 0 amide bonds. The molecule has 0 radical (unpaired) electrons. The van der Waals surface area contributed by atoms with E-state index in [0.29, 0.717) is 5.56 Å². The van der Waals surface area contributed by atoms with Crippen LogP contribution in [-0.2, 0) is 0 Å². The molecule has 0 aromatic heterocycles. The summed E-state index contributed by atoms with van der Waals surface area (Å²) in [6.07, 6.45) is -0.829. The molecule has 1 atom stereocenters. The van der Waals surface area contributed by atoms with Crippen molar-refractivity contribution in [2.45, 2.75) is 12.5 Å². The van der Waals surface area contributed by atoms with Crippen LogP contribution in [-0.4, -0.2) is 10.2 Å². The topological polar surface area (TPSA) is 64.2 Å². The van der Waals surface area contributed by atoms with E-state index in [0.717, 1.165) is 0 Å². The number of nitriles is 1. The molecular formula is C9H8ClNO2. The maximum absolute atomic E-state index is 9.37. The molecule has 0 fully saturated rings. The van der Waals surface area contributed by atoms with Crippen molar-refractivity contribution in [1.82, 2.24) is 0 Å². The fraction of sp³-hybridized carbons (Fsp3) is 0.222. The highest BCUT2D eigenvalue weighted by Crippen LogP contribution is 2.27. The molecule has 3 nitrogen and oxygen atoms in total. The molecular weight excluding hydrogens is 190 g/mol. The average Bonchev–Trinajstić information content (AvgIpc) is 2.10. The molecule has 0 saturated carbocycles. The highest BCUT2D eigenvalue weighted by molar-refractivity contribution is 6.32. The Morgan fingerprint density at radius 2 is 2.23 bits per heavy atom. The highest BCUT2D eigenvalue weighted by atomic mass is 35.5. The summed E-state index contributed by atoms with van der Waals surface area (Å²) in [4.78, 5) is 0. The smallest absolute Gasteiger partial charge is 0.134 e. The number of rotatable bonds is 2. The molecule has 0 aliphatic carbocycles. The van der Waals surface area contributed by atoms with Gasteiger partial charge in [-0.15, -0.1) is 0 Å². The minimum Gasteiger partial charge on any atom is -0.506 e. The van der Waals surface area contributed by atoms with Gasteiger partial charge in [-0.05, 0) is 17.7 Å². The van der Waals surface area contributed by atoms with Gasteiger partial charge in [0.2, 0.25) is 0 Å². The molecule has 0 aliphatic rings. The first kappa shape index (κ1) is 9.85. The second-order valence-corrected chi connectivity index (χ2v) is 3.00. The van der Waals surface area contributed by atoms with Crippen LogP contribution in [0.2, 0.25) is 5.02 Å². The van der Waals surface area contributed by atoms with Crippen LogP contribution in [0.15, 0.2) is 18.2 Å². The molecule has 13 heavy (non-hydrogen) atoms. The van der Waals surface area contributed by atoms with Gasteiger partial charge in [0.15, 0.2) is 0 Å². The number of hydrogen-bond donors (Lipinski definition) is 2. The van der Waals surface area contributed by atoms with E-state index >= 15 is 0 Å². The third-order valence-electron chi connectivity index (χ3n) is 1.64. The number of benzene rings is 1. The lowest BCUT2D eigenvalue weighted by Gasteiger charge is -2.07. The quantitative estimate of drug-likeness (QED) is 0.762. The van der Waals surface area contributed by atoms with Crippen LogP contribution in [0.3, 0.4) is 0 Å². The Morgan fingerprint density at radius 1 is 1.54 bits per heavy atom. The number of aromatic hydroxyl groups is 1. The molecule has 0 heterocycles. The van der Waals surface area contributed by atoms with Crippen LogP contribution in [0.5, 0.6) is 5.75 Å². The first-order chi connectivity index (χ1) is 6.15. The van der Waals surface area contributed by atoms with Gasteiger partial charge < -0.3 is 10.2 Å². The monoisotopic (exact) mass is 197 g/mol. The number of aliphatic hydroxyl groups is 1. The molecule has 1 aromatic rings. The minimum atomic E-state index is -0.844. The van der Waals surface area contributed by atoms with Crippen LogP contribution in [0, 0.1) is 11.3 Å². The van der Waals surface area contributed by atoms with Crippen molar-refractivity contribution in [3.8, 4) is 11.8 Å². The zero-order valence-electron chi connectivity index (χ0n) is 6.74.